The molecule has 1 aromatic carbocycles. The Hall–Kier alpha value is -3.55. The average molecular weight is 308 g/mol. The topological polar surface area (TPSA) is 93.9 Å². The molecule has 2 aromatic heterocycles. The van der Waals surface area contributed by atoms with Gasteiger partial charge in [-0.2, -0.15) is 0 Å². The van der Waals surface area contributed by atoms with E-state index in [4.69, 9.17) is 4.84 Å². The molecule has 1 aliphatic heterocycles. The zero-order valence-electron chi connectivity index (χ0n) is 11.5. The van der Waals surface area contributed by atoms with Crippen molar-refractivity contribution in [3.63, 3.8) is 0 Å². The molecule has 112 valence electrons. The molecule has 3 aromatic rings. The summed E-state index contributed by atoms with van der Waals surface area (Å²) in [5, 5.41) is 0.446. The van der Waals surface area contributed by atoms with E-state index in [0.29, 0.717) is 5.06 Å². The van der Waals surface area contributed by atoms with Crippen LogP contribution in [0.4, 0.5) is 0 Å². The molecule has 0 fully saturated rings. The fourth-order valence-electron chi connectivity index (χ4n) is 2.37. The minimum atomic E-state index is -0.934. The van der Waals surface area contributed by atoms with Crippen LogP contribution in [0.5, 0.6) is 0 Å². The van der Waals surface area contributed by atoms with Crippen molar-refractivity contribution >= 4 is 23.4 Å². The van der Waals surface area contributed by atoms with Crippen molar-refractivity contribution < 1.29 is 19.2 Å². The van der Waals surface area contributed by atoms with Gasteiger partial charge in [-0.05, 0) is 12.1 Å². The first-order valence-electron chi connectivity index (χ1n) is 6.64. The predicted molar refractivity (Wildman–Crippen MR) is 75.3 cm³/mol. The highest BCUT2D eigenvalue weighted by Gasteiger charge is 2.39. The summed E-state index contributed by atoms with van der Waals surface area (Å²) in [4.78, 5) is 49.5. The second kappa shape index (κ2) is 4.73. The quantitative estimate of drug-likeness (QED) is 0.658. The highest BCUT2D eigenvalue weighted by molar-refractivity contribution is 6.21. The van der Waals surface area contributed by atoms with Gasteiger partial charge in [-0.15, -0.1) is 0 Å². The zero-order valence-corrected chi connectivity index (χ0v) is 11.5. The number of imide groups is 1. The Labute approximate surface area is 128 Å². The Balaban J connectivity index is 1.67. The summed E-state index contributed by atoms with van der Waals surface area (Å²) in [6.45, 7) is 0. The zero-order chi connectivity index (χ0) is 16.0. The van der Waals surface area contributed by atoms with Gasteiger partial charge in [-0.25, -0.2) is 14.8 Å². The second-order valence-electron chi connectivity index (χ2n) is 4.76. The summed E-state index contributed by atoms with van der Waals surface area (Å²) in [6.07, 6.45) is 6.14. The maximum atomic E-state index is 12.3. The molecule has 0 saturated heterocycles. The van der Waals surface area contributed by atoms with Gasteiger partial charge in [0.25, 0.3) is 11.8 Å². The van der Waals surface area contributed by atoms with Crippen LogP contribution in [0.15, 0.2) is 49.1 Å². The average Bonchev–Trinajstić information content (AvgIpc) is 3.14. The number of hydrogen-bond donors (Lipinski definition) is 0. The van der Waals surface area contributed by atoms with Gasteiger partial charge in [0.05, 0.1) is 11.1 Å². The van der Waals surface area contributed by atoms with Crippen molar-refractivity contribution in [1.82, 2.24) is 19.4 Å². The van der Waals surface area contributed by atoms with Crippen LogP contribution in [-0.4, -0.2) is 37.2 Å². The largest absolute Gasteiger partial charge is 0.385 e. The molecular weight excluding hydrogens is 300 g/mol. The summed E-state index contributed by atoms with van der Waals surface area (Å²) in [7, 11) is 0. The monoisotopic (exact) mass is 308 g/mol. The molecule has 0 bridgehead atoms. The number of fused-ring (bicyclic) bond motifs is 2. The standard InChI is InChI=1S/C15H8N4O4/c20-13-9-3-1-2-4-10(9)14(21)19(13)23-15(22)11-12-17-6-8-18(12)7-5-16-11/h1-8H. The number of imidazole rings is 1. The van der Waals surface area contributed by atoms with Crippen molar-refractivity contribution in [2.24, 2.45) is 0 Å². The van der Waals surface area contributed by atoms with E-state index in [9.17, 15) is 14.4 Å². The van der Waals surface area contributed by atoms with E-state index < -0.39 is 17.8 Å². The van der Waals surface area contributed by atoms with E-state index in [1.807, 2.05) is 0 Å². The Morgan fingerprint density at radius 3 is 2.22 bits per heavy atom. The van der Waals surface area contributed by atoms with Gasteiger partial charge in [0.15, 0.2) is 11.3 Å². The number of benzene rings is 1. The Morgan fingerprint density at radius 2 is 1.57 bits per heavy atom. The Bertz CT molecular complexity index is 943. The normalized spacial score (nSPS) is 13.5. The van der Waals surface area contributed by atoms with Crippen molar-refractivity contribution in [3.8, 4) is 0 Å². The molecule has 3 heterocycles. The molecule has 2 amide bonds. The van der Waals surface area contributed by atoms with Crippen LogP contribution in [-0.2, 0) is 4.84 Å². The molecule has 0 radical (unpaired) electrons. The van der Waals surface area contributed by atoms with Crippen molar-refractivity contribution in [3.05, 3.63) is 65.9 Å². The van der Waals surface area contributed by atoms with Crippen molar-refractivity contribution in [2.75, 3.05) is 0 Å². The van der Waals surface area contributed by atoms with Crippen molar-refractivity contribution in [1.29, 1.82) is 0 Å². The fraction of sp³-hybridized carbons (Fsp3) is 0. The molecule has 0 aliphatic carbocycles. The predicted octanol–water partition coefficient (Wildman–Crippen LogP) is 1.10. The van der Waals surface area contributed by atoms with Crippen LogP contribution in [0, 0.1) is 0 Å². The first kappa shape index (κ1) is 13.1. The van der Waals surface area contributed by atoms with Gasteiger partial charge in [-0.1, -0.05) is 17.2 Å². The van der Waals surface area contributed by atoms with Gasteiger partial charge in [0.2, 0.25) is 0 Å². The number of rotatable bonds is 2. The van der Waals surface area contributed by atoms with Gasteiger partial charge in [0, 0.05) is 24.8 Å². The van der Waals surface area contributed by atoms with Crippen LogP contribution < -0.4 is 0 Å². The third-order valence-electron chi connectivity index (χ3n) is 3.44. The SMILES string of the molecule is O=C(ON1C(=O)c2ccccc2C1=O)c1nccn2ccnc12. The Kier molecular flexibility index (Phi) is 2.70. The van der Waals surface area contributed by atoms with Gasteiger partial charge < -0.3 is 9.24 Å². The lowest BCUT2D eigenvalue weighted by Gasteiger charge is -2.12. The van der Waals surface area contributed by atoms with Crippen LogP contribution in [0.3, 0.4) is 0 Å². The lowest BCUT2D eigenvalue weighted by Crippen LogP contribution is -2.33. The van der Waals surface area contributed by atoms with E-state index in [2.05, 4.69) is 9.97 Å². The van der Waals surface area contributed by atoms with Crippen LogP contribution in [0.1, 0.15) is 31.2 Å². The summed E-state index contributed by atoms with van der Waals surface area (Å²) in [6, 6.07) is 6.25. The Morgan fingerprint density at radius 1 is 0.957 bits per heavy atom. The first-order valence-corrected chi connectivity index (χ1v) is 6.64. The number of carbonyl (C=O) groups is 3. The summed E-state index contributed by atoms with van der Waals surface area (Å²) >= 11 is 0. The minimum absolute atomic E-state index is 0.0888. The van der Waals surface area contributed by atoms with Gasteiger partial charge >= 0.3 is 5.97 Å². The summed E-state index contributed by atoms with van der Waals surface area (Å²) < 4.78 is 1.58. The van der Waals surface area contributed by atoms with E-state index in [1.165, 1.54) is 24.5 Å². The van der Waals surface area contributed by atoms with E-state index in [-0.39, 0.29) is 22.5 Å². The van der Waals surface area contributed by atoms with Crippen LogP contribution in [0.25, 0.3) is 5.65 Å². The number of aromatic nitrogens is 3. The van der Waals surface area contributed by atoms with E-state index >= 15 is 0 Å². The van der Waals surface area contributed by atoms with E-state index in [0.717, 1.165) is 0 Å². The van der Waals surface area contributed by atoms with Crippen molar-refractivity contribution in [2.45, 2.75) is 0 Å². The van der Waals surface area contributed by atoms with Gasteiger partial charge in [-0.3, -0.25) is 9.59 Å². The number of hydrogen-bond acceptors (Lipinski definition) is 6. The molecule has 23 heavy (non-hydrogen) atoms. The molecule has 0 N–H and O–H groups in total. The maximum Gasteiger partial charge on any atom is 0.385 e. The first-order chi connectivity index (χ1) is 11.2. The lowest BCUT2D eigenvalue weighted by atomic mass is 10.1. The number of carbonyl (C=O) groups excluding carboxylic acids is 3. The highest BCUT2D eigenvalue weighted by Crippen LogP contribution is 2.23. The molecular formula is C15H8N4O4. The summed E-state index contributed by atoms with van der Waals surface area (Å²) in [5.74, 6) is -2.31. The molecule has 0 saturated carbocycles. The molecule has 8 nitrogen and oxygen atoms in total. The molecule has 0 atom stereocenters. The molecule has 0 spiro atoms. The third kappa shape index (κ3) is 1.89. The third-order valence-corrected chi connectivity index (χ3v) is 3.44. The summed E-state index contributed by atoms with van der Waals surface area (Å²) in [5.41, 5.74) is 0.567. The maximum absolute atomic E-state index is 12.3. The molecule has 0 unspecified atom stereocenters. The van der Waals surface area contributed by atoms with Gasteiger partial charge in [0.1, 0.15) is 0 Å². The number of nitrogens with zero attached hydrogens (tertiary/aromatic N) is 4. The lowest BCUT2D eigenvalue weighted by molar-refractivity contribution is -0.0587. The highest BCUT2D eigenvalue weighted by atomic mass is 16.7. The van der Waals surface area contributed by atoms with Crippen LogP contribution in [0.2, 0.25) is 0 Å². The molecule has 1 aliphatic rings. The smallest absolute Gasteiger partial charge is 0.322 e. The second-order valence-corrected chi connectivity index (χ2v) is 4.76. The molecule has 4 rings (SSSR count). The number of amides is 2. The molecule has 8 heteroatoms. The minimum Gasteiger partial charge on any atom is -0.322 e. The fourth-order valence-corrected chi connectivity index (χ4v) is 2.37. The van der Waals surface area contributed by atoms with E-state index in [1.54, 1.807) is 28.9 Å². The van der Waals surface area contributed by atoms with Crippen LogP contribution >= 0.6 is 0 Å². The number of hydroxylamine groups is 2.